The number of carbonyl (C=O) groups is 2. The number of hydrogen-bond donors (Lipinski definition) is 2. The molecule has 2 aliphatic rings. The van der Waals surface area contributed by atoms with Crippen molar-refractivity contribution in [3.63, 3.8) is 0 Å². The second-order valence-corrected chi connectivity index (χ2v) is 6.47. The number of anilines is 1. The summed E-state index contributed by atoms with van der Waals surface area (Å²) in [6.07, 6.45) is 3.20. The summed E-state index contributed by atoms with van der Waals surface area (Å²) in [5.41, 5.74) is 0. The van der Waals surface area contributed by atoms with Gasteiger partial charge < -0.3 is 20.1 Å². The van der Waals surface area contributed by atoms with Crippen LogP contribution in [0.5, 0.6) is 0 Å². The summed E-state index contributed by atoms with van der Waals surface area (Å²) in [6.45, 7) is 5.78. The highest BCUT2D eigenvalue weighted by molar-refractivity contribution is 5.91. The van der Waals surface area contributed by atoms with Crippen molar-refractivity contribution in [2.75, 3.05) is 44.6 Å². The average Bonchev–Trinajstić information content (AvgIpc) is 3.00. The van der Waals surface area contributed by atoms with Crippen LogP contribution in [0.3, 0.4) is 0 Å². The van der Waals surface area contributed by atoms with E-state index in [0.29, 0.717) is 44.3 Å². The van der Waals surface area contributed by atoms with Crippen molar-refractivity contribution in [3.05, 3.63) is 11.8 Å². The molecule has 2 fully saturated rings. The second kappa shape index (κ2) is 10.7. The van der Waals surface area contributed by atoms with E-state index < -0.39 is 0 Å². The molecule has 0 saturated carbocycles. The van der Waals surface area contributed by atoms with Crippen molar-refractivity contribution in [2.45, 2.75) is 32.2 Å². The Morgan fingerprint density at radius 3 is 2.58 bits per heavy atom. The van der Waals surface area contributed by atoms with Gasteiger partial charge in [-0.25, -0.2) is 0 Å². The zero-order chi connectivity index (χ0) is 16.9. The fourth-order valence-electron chi connectivity index (χ4n) is 3.22. The van der Waals surface area contributed by atoms with E-state index in [1.165, 1.54) is 0 Å². The van der Waals surface area contributed by atoms with Crippen LogP contribution in [0, 0.1) is 6.92 Å². The van der Waals surface area contributed by atoms with Crippen LogP contribution in [0.25, 0.3) is 0 Å². The lowest BCUT2D eigenvalue weighted by Crippen LogP contribution is -2.55. The smallest absolute Gasteiger partial charge is 0.239 e. The standard InChI is InChI=1S/C16H25N5O3.2ClH/c1-12-10-14(19-24-12)18-15(22)11-20-6-8-21(9-7-20)16(23)13-4-2-3-5-17-13;;/h10,13,17H,2-9,11H2,1H3,(H,18,19,22);2*1H. The van der Waals surface area contributed by atoms with Gasteiger partial charge in [-0.2, -0.15) is 0 Å². The highest BCUT2D eigenvalue weighted by Gasteiger charge is 2.28. The number of amides is 2. The quantitative estimate of drug-likeness (QED) is 0.774. The number of nitrogens with one attached hydrogen (secondary N) is 2. The van der Waals surface area contributed by atoms with Crippen LogP contribution in [0.2, 0.25) is 0 Å². The highest BCUT2D eigenvalue weighted by atomic mass is 35.5. The van der Waals surface area contributed by atoms with Gasteiger partial charge in [-0.15, -0.1) is 24.8 Å². The molecular formula is C16H27Cl2N5O3. The SMILES string of the molecule is Cc1cc(NC(=O)CN2CCN(C(=O)C3CCCCN3)CC2)no1.Cl.Cl. The number of carbonyl (C=O) groups excluding carboxylic acids is 2. The van der Waals surface area contributed by atoms with E-state index in [0.717, 1.165) is 25.8 Å². The maximum absolute atomic E-state index is 12.5. The Hall–Kier alpha value is -1.35. The molecule has 8 nitrogen and oxygen atoms in total. The van der Waals surface area contributed by atoms with Gasteiger partial charge in [-0.3, -0.25) is 14.5 Å². The first-order valence-electron chi connectivity index (χ1n) is 8.59. The van der Waals surface area contributed by atoms with E-state index in [2.05, 4.69) is 20.7 Å². The van der Waals surface area contributed by atoms with Gasteiger partial charge in [0, 0.05) is 32.2 Å². The highest BCUT2D eigenvalue weighted by Crippen LogP contribution is 2.12. The van der Waals surface area contributed by atoms with Crippen LogP contribution in [-0.2, 0) is 9.59 Å². The zero-order valence-corrected chi connectivity index (χ0v) is 16.5. The lowest BCUT2D eigenvalue weighted by atomic mass is 10.0. The van der Waals surface area contributed by atoms with Crippen LogP contribution in [0.4, 0.5) is 5.82 Å². The minimum absolute atomic E-state index is 0. The van der Waals surface area contributed by atoms with Crippen molar-refractivity contribution >= 4 is 42.4 Å². The molecule has 26 heavy (non-hydrogen) atoms. The Balaban J connectivity index is 0.00000169. The summed E-state index contributed by atoms with van der Waals surface area (Å²) in [5, 5.41) is 9.77. The van der Waals surface area contributed by atoms with Crippen molar-refractivity contribution in [3.8, 4) is 0 Å². The molecule has 0 bridgehead atoms. The molecule has 1 unspecified atom stereocenters. The number of nitrogens with zero attached hydrogens (tertiary/aromatic N) is 3. The van der Waals surface area contributed by atoms with Crippen molar-refractivity contribution in [1.82, 2.24) is 20.3 Å². The third-order valence-electron chi connectivity index (χ3n) is 4.56. The maximum atomic E-state index is 12.5. The van der Waals surface area contributed by atoms with Gasteiger partial charge in [0.05, 0.1) is 12.6 Å². The summed E-state index contributed by atoms with van der Waals surface area (Å²) in [6, 6.07) is 1.66. The third kappa shape index (κ3) is 6.12. The van der Waals surface area contributed by atoms with E-state index in [1.54, 1.807) is 13.0 Å². The summed E-state index contributed by atoms with van der Waals surface area (Å²) >= 11 is 0. The molecule has 1 atom stereocenters. The number of rotatable bonds is 4. The predicted octanol–water partition coefficient (Wildman–Crippen LogP) is 1.05. The van der Waals surface area contributed by atoms with Gasteiger partial charge in [-0.05, 0) is 26.3 Å². The number of halogens is 2. The van der Waals surface area contributed by atoms with E-state index in [4.69, 9.17) is 4.52 Å². The number of hydrogen-bond acceptors (Lipinski definition) is 6. The first kappa shape index (κ1) is 22.7. The molecule has 0 aromatic carbocycles. The number of aromatic nitrogens is 1. The van der Waals surface area contributed by atoms with E-state index in [1.807, 2.05) is 4.90 Å². The van der Waals surface area contributed by atoms with Gasteiger partial charge in [0.15, 0.2) is 5.82 Å². The molecule has 0 spiro atoms. The van der Waals surface area contributed by atoms with Gasteiger partial charge >= 0.3 is 0 Å². The minimum Gasteiger partial charge on any atom is -0.360 e. The van der Waals surface area contributed by atoms with Crippen LogP contribution >= 0.6 is 24.8 Å². The molecule has 10 heteroatoms. The first-order chi connectivity index (χ1) is 11.6. The number of piperidine rings is 1. The molecule has 1 aromatic rings. The first-order valence-corrected chi connectivity index (χ1v) is 8.59. The molecule has 2 saturated heterocycles. The van der Waals surface area contributed by atoms with Crippen molar-refractivity contribution < 1.29 is 14.1 Å². The van der Waals surface area contributed by atoms with Gasteiger partial charge in [-0.1, -0.05) is 11.6 Å². The lowest BCUT2D eigenvalue weighted by Gasteiger charge is -2.37. The normalized spacial score (nSPS) is 20.7. The second-order valence-electron chi connectivity index (χ2n) is 6.47. The molecule has 3 heterocycles. The fourth-order valence-corrected chi connectivity index (χ4v) is 3.22. The van der Waals surface area contributed by atoms with Gasteiger partial charge in [0.1, 0.15) is 5.76 Å². The third-order valence-corrected chi connectivity index (χ3v) is 4.56. The van der Waals surface area contributed by atoms with Crippen LogP contribution in [-0.4, -0.2) is 72.1 Å². The summed E-state index contributed by atoms with van der Waals surface area (Å²) in [7, 11) is 0. The average molecular weight is 408 g/mol. The lowest BCUT2D eigenvalue weighted by molar-refractivity contribution is -0.135. The molecule has 2 N–H and O–H groups in total. The molecule has 1 aromatic heterocycles. The zero-order valence-electron chi connectivity index (χ0n) is 14.9. The fraction of sp³-hybridized carbons (Fsp3) is 0.688. The molecule has 3 rings (SSSR count). The van der Waals surface area contributed by atoms with Crippen molar-refractivity contribution in [2.24, 2.45) is 0 Å². The summed E-state index contributed by atoms with van der Waals surface area (Å²) < 4.78 is 4.92. The Bertz CT molecular complexity index is 584. The monoisotopic (exact) mass is 407 g/mol. The minimum atomic E-state index is -0.114. The van der Waals surface area contributed by atoms with E-state index >= 15 is 0 Å². The molecule has 148 valence electrons. The topological polar surface area (TPSA) is 90.7 Å². The van der Waals surface area contributed by atoms with Crippen LogP contribution in [0.1, 0.15) is 25.0 Å². The van der Waals surface area contributed by atoms with Gasteiger partial charge in [0.25, 0.3) is 0 Å². The Morgan fingerprint density at radius 2 is 2.00 bits per heavy atom. The number of aryl methyl sites for hydroxylation is 1. The molecule has 0 aliphatic carbocycles. The number of piperazine rings is 1. The Morgan fingerprint density at radius 1 is 1.27 bits per heavy atom. The molecule has 2 amide bonds. The predicted molar refractivity (Wildman–Crippen MR) is 103 cm³/mol. The Labute approximate surface area is 165 Å². The Kier molecular flexibility index (Phi) is 9.35. The van der Waals surface area contributed by atoms with E-state index in [9.17, 15) is 9.59 Å². The van der Waals surface area contributed by atoms with Crippen LogP contribution < -0.4 is 10.6 Å². The van der Waals surface area contributed by atoms with Crippen LogP contribution in [0.15, 0.2) is 10.6 Å². The molecule has 2 aliphatic heterocycles. The van der Waals surface area contributed by atoms with Gasteiger partial charge in [0.2, 0.25) is 11.8 Å². The molecular weight excluding hydrogens is 381 g/mol. The molecule has 0 radical (unpaired) electrons. The van der Waals surface area contributed by atoms with E-state index in [-0.39, 0.29) is 42.7 Å². The maximum Gasteiger partial charge on any atom is 0.239 e. The van der Waals surface area contributed by atoms with Crippen molar-refractivity contribution in [1.29, 1.82) is 0 Å². The summed E-state index contributed by atoms with van der Waals surface area (Å²) in [4.78, 5) is 28.5. The summed E-state index contributed by atoms with van der Waals surface area (Å²) in [5.74, 6) is 1.19. The largest absolute Gasteiger partial charge is 0.360 e.